The van der Waals surface area contributed by atoms with Crippen molar-refractivity contribution in [2.75, 3.05) is 9.80 Å². The number of phenols is 2. The lowest BCUT2D eigenvalue weighted by Gasteiger charge is -2.24. The standard InChI is InChI=1S/C43H46N2O6/c1-26-5-10-30(11-6-26)28(3)9-23-37-38(42(50)45(41(37)49)33-15-7-27(2)8-16-33)24-14-32(31-12-19-35(46)20-13-31)25-39-29(4)40(48)44(43(39)51)34-17-21-36(47)22-18-34/h5-8,10-13,15-22,28-29,32,37-39,46-47H,9,14,23-25H2,1-4H3. The van der Waals surface area contributed by atoms with Gasteiger partial charge in [-0.25, -0.2) is 0 Å². The third-order valence-electron chi connectivity index (χ3n) is 11.0. The predicted molar refractivity (Wildman–Crippen MR) is 197 cm³/mol. The Morgan fingerprint density at radius 2 is 0.961 bits per heavy atom. The molecule has 2 saturated heterocycles. The molecular weight excluding hydrogens is 640 g/mol. The van der Waals surface area contributed by atoms with E-state index in [1.165, 1.54) is 33.1 Å². The Morgan fingerprint density at radius 1 is 0.549 bits per heavy atom. The highest BCUT2D eigenvalue weighted by Crippen LogP contribution is 2.43. The van der Waals surface area contributed by atoms with Crippen molar-refractivity contribution >= 4 is 35.0 Å². The highest BCUT2D eigenvalue weighted by Gasteiger charge is 2.49. The highest BCUT2D eigenvalue weighted by molar-refractivity contribution is 6.22. The first-order chi connectivity index (χ1) is 24.4. The van der Waals surface area contributed by atoms with Crippen molar-refractivity contribution in [1.82, 2.24) is 0 Å². The molecule has 4 amide bonds. The molecule has 2 heterocycles. The summed E-state index contributed by atoms with van der Waals surface area (Å²) in [4.78, 5) is 58.2. The van der Waals surface area contributed by atoms with Crippen molar-refractivity contribution in [3.05, 3.63) is 119 Å². The quantitative estimate of drug-likeness (QED) is 0.145. The molecule has 6 atom stereocenters. The Bertz CT molecular complexity index is 1890. The number of carbonyl (C=O) groups is 4. The van der Waals surface area contributed by atoms with Gasteiger partial charge in [0.05, 0.1) is 29.1 Å². The van der Waals surface area contributed by atoms with Crippen LogP contribution in [-0.4, -0.2) is 33.8 Å². The van der Waals surface area contributed by atoms with Crippen LogP contribution >= 0.6 is 0 Å². The maximum absolute atomic E-state index is 14.2. The molecule has 2 aliphatic rings. The molecule has 6 rings (SSSR count). The van der Waals surface area contributed by atoms with E-state index in [1.54, 1.807) is 31.2 Å². The van der Waals surface area contributed by atoms with Crippen LogP contribution in [0.15, 0.2) is 97.1 Å². The number of anilines is 2. The SMILES string of the molecule is Cc1ccc(C(C)CCC2C(=O)N(c3ccc(C)cc3)C(=O)C2CCC(CC2C(=O)N(c3ccc(O)cc3)C(=O)C2C)c2ccc(O)cc2)cc1. The zero-order valence-electron chi connectivity index (χ0n) is 29.7. The van der Waals surface area contributed by atoms with Crippen molar-refractivity contribution in [3.8, 4) is 11.5 Å². The molecule has 0 spiro atoms. The first-order valence-corrected chi connectivity index (χ1v) is 17.9. The van der Waals surface area contributed by atoms with Crippen LogP contribution in [-0.2, 0) is 19.2 Å². The molecule has 2 N–H and O–H groups in total. The van der Waals surface area contributed by atoms with E-state index in [4.69, 9.17) is 0 Å². The van der Waals surface area contributed by atoms with E-state index in [0.717, 1.165) is 17.5 Å². The monoisotopic (exact) mass is 686 g/mol. The molecule has 8 heteroatoms. The molecule has 2 fully saturated rings. The van der Waals surface area contributed by atoms with Crippen molar-refractivity contribution < 1.29 is 29.4 Å². The Balaban J connectivity index is 1.26. The van der Waals surface area contributed by atoms with Crippen LogP contribution in [0, 0.1) is 37.5 Å². The first-order valence-electron chi connectivity index (χ1n) is 17.9. The summed E-state index contributed by atoms with van der Waals surface area (Å²) in [6.07, 6.45) is 2.59. The summed E-state index contributed by atoms with van der Waals surface area (Å²) < 4.78 is 0. The maximum atomic E-state index is 14.2. The van der Waals surface area contributed by atoms with Gasteiger partial charge in [-0.3, -0.25) is 29.0 Å². The van der Waals surface area contributed by atoms with Gasteiger partial charge in [0, 0.05) is 5.92 Å². The number of phenolic OH excluding ortho intramolecular Hbond substituents is 2. The average Bonchev–Trinajstić information content (AvgIpc) is 3.48. The zero-order valence-corrected chi connectivity index (χ0v) is 29.7. The lowest BCUT2D eigenvalue weighted by molar-refractivity contribution is -0.124. The van der Waals surface area contributed by atoms with Gasteiger partial charge >= 0.3 is 0 Å². The van der Waals surface area contributed by atoms with Crippen molar-refractivity contribution in [2.45, 2.75) is 71.6 Å². The van der Waals surface area contributed by atoms with Gasteiger partial charge < -0.3 is 10.2 Å². The number of aromatic hydroxyl groups is 2. The largest absolute Gasteiger partial charge is 0.508 e. The summed E-state index contributed by atoms with van der Waals surface area (Å²) >= 11 is 0. The van der Waals surface area contributed by atoms with Crippen LogP contribution in [0.2, 0.25) is 0 Å². The predicted octanol–water partition coefficient (Wildman–Crippen LogP) is 8.18. The summed E-state index contributed by atoms with van der Waals surface area (Å²) in [5.41, 5.74) is 5.29. The summed E-state index contributed by atoms with van der Waals surface area (Å²) in [5.74, 6) is -3.08. The van der Waals surface area contributed by atoms with Gasteiger partial charge in [0.25, 0.3) is 0 Å². The Morgan fingerprint density at radius 3 is 1.51 bits per heavy atom. The lowest BCUT2D eigenvalue weighted by atomic mass is 9.78. The summed E-state index contributed by atoms with van der Waals surface area (Å²) in [6, 6.07) is 28.8. The molecule has 4 aromatic carbocycles. The number of hydrogen-bond acceptors (Lipinski definition) is 6. The lowest BCUT2D eigenvalue weighted by Crippen LogP contribution is -2.31. The number of nitrogens with zero attached hydrogens (tertiary/aromatic N) is 2. The zero-order chi connectivity index (χ0) is 36.4. The van der Waals surface area contributed by atoms with Crippen LogP contribution in [0.5, 0.6) is 11.5 Å². The van der Waals surface area contributed by atoms with Gasteiger partial charge in [0.15, 0.2) is 0 Å². The fourth-order valence-corrected chi connectivity index (χ4v) is 7.75. The number of hydrogen-bond donors (Lipinski definition) is 2. The fraction of sp³-hybridized carbons (Fsp3) is 0.349. The normalized spacial score (nSPS) is 21.8. The minimum atomic E-state index is -0.610. The topological polar surface area (TPSA) is 115 Å². The maximum Gasteiger partial charge on any atom is 0.237 e. The third kappa shape index (κ3) is 7.46. The molecule has 0 aliphatic carbocycles. The minimum Gasteiger partial charge on any atom is -0.508 e. The van der Waals surface area contributed by atoms with E-state index in [9.17, 15) is 29.4 Å². The smallest absolute Gasteiger partial charge is 0.237 e. The first kappa shape index (κ1) is 35.6. The Labute approximate surface area is 299 Å². The second-order valence-corrected chi connectivity index (χ2v) is 14.5. The van der Waals surface area contributed by atoms with Crippen LogP contribution in [0.1, 0.15) is 80.0 Å². The van der Waals surface area contributed by atoms with Gasteiger partial charge in [-0.1, -0.05) is 73.5 Å². The van der Waals surface area contributed by atoms with Crippen LogP contribution in [0.4, 0.5) is 11.4 Å². The van der Waals surface area contributed by atoms with Crippen LogP contribution in [0.25, 0.3) is 0 Å². The molecule has 51 heavy (non-hydrogen) atoms. The van der Waals surface area contributed by atoms with E-state index >= 15 is 0 Å². The second kappa shape index (κ2) is 14.9. The van der Waals surface area contributed by atoms with Crippen LogP contribution in [0.3, 0.4) is 0 Å². The Kier molecular flexibility index (Phi) is 10.4. The molecule has 0 aromatic heterocycles. The summed E-state index contributed by atoms with van der Waals surface area (Å²) in [7, 11) is 0. The van der Waals surface area contributed by atoms with Gasteiger partial charge in [-0.2, -0.15) is 0 Å². The molecular formula is C43H46N2O6. The average molecular weight is 687 g/mol. The number of benzene rings is 4. The van der Waals surface area contributed by atoms with E-state index < -0.39 is 23.7 Å². The molecule has 0 radical (unpaired) electrons. The minimum absolute atomic E-state index is 0.0404. The number of amides is 4. The molecule has 264 valence electrons. The van der Waals surface area contributed by atoms with E-state index in [2.05, 4.69) is 38.1 Å². The molecule has 0 bridgehead atoms. The molecule has 4 aromatic rings. The summed E-state index contributed by atoms with van der Waals surface area (Å²) in [5, 5.41) is 19.8. The molecule has 2 aliphatic heterocycles. The van der Waals surface area contributed by atoms with Gasteiger partial charge in [-0.05, 0) is 117 Å². The number of carbonyl (C=O) groups excluding carboxylic acids is 4. The van der Waals surface area contributed by atoms with Gasteiger partial charge in [-0.15, -0.1) is 0 Å². The number of imide groups is 2. The van der Waals surface area contributed by atoms with Gasteiger partial charge in [0.1, 0.15) is 11.5 Å². The van der Waals surface area contributed by atoms with E-state index in [-0.39, 0.29) is 47.0 Å². The van der Waals surface area contributed by atoms with Crippen molar-refractivity contribution in [2.24, 2.45) is 23.7 Å². The number of rotatable bonds is 12. The van der Waals surface area contributed by atoms with E-state index in [1.807, 2.05) is 43.3 Å². The molecule has 6 unspecified atom stereocenters. The Hall–Kier alpha value is -5.24. The molecule has 0 saturated carbocycles. The van der Waals surface area contributed by atoms with Crippen LogP contribution < -0.4 is 9.80 Å². The summed E-state index contributed by atoms with van der Waals surface area (Å²) in [6.45, 7) is 7.94. The third-order valence-corrected chi connectivity index (χ3v) is 11.0. The van der Waals surface area contributed by atoms with Crippen molar-refractivity contribution in [1.29, 1.82) is 0 Å². The highest BCUT2D eigenvalue weighted by atomic mass is 16.3. The fourth-order valence-electron chi connectivity index (χ4n) is 7.75. The second-order valence-electron chi connectivity index (χ2n) is 14.5. The van der Waals surface area contributed by atoms with Crippen molar-refractivity contribution in [3.63, 3.8) is 0 Å². The van der Waals surface area contributed by atoms with Gasteiger partial charge in [0.2, 0.25) is 23.6 Å². The molecule has 8 nitrogen and oxygen atoms in total. The number of aryl methyl sites for hydroxylation is 2. The van der Waals surface area contributed by atoms with E-state index in [0.29, 0.717) is 37.1 Å².